The van der Waals surface area contributed by atoms with Gasteiger partial charge in [0.15, 0.2) is 0 Å². The lowest BCUT2D eigenvalue weighted by atomic mass is 10.1. The molecule has 0 aliphatic carbocycles. The van der Waals surface area contributed by atoms with Crippen LogP contribution in [0.1, 0.15) is 54.1 Å². The summed E-state index contributed by atoms with van der Waals surface area (Å²) in [5.74, 6) is 0.809. The predicted molar refractivity (Wildman–Crippen MR) is 114 cm³/mol. The summed E-state index contributed by atoms with van der Waals surface area (Å²) < 4.78 is 5.83. The largest absolute Gasteiger partial charge is 0.491 e. The number of amides is 1. The molecule has 2 aromatic carbocycles. The molecule has 0 aromatic heterocycles. The molecule has 1 aliphatic heterocycles. The van der Waals surface area contributed by atoms with Crippen molar-refractivity contribution in [1.82, 2.24) is 10.2 Å². The second kappa shape index (κ2) is 10.3. The Bertz CT molecular complexity index is 749. The Morgan fingerprint density at radius 3 is 2.39 bits per heavy atom. The smallest absolute Gasteiger partial charge is 0.251 e. The number of rotatable bonds is 7. The van der Waals surface area contributed by atoms with Crippen LogP contribution in [-0.2, 0) is 6.54 Å². The Labute approximate surface area is 168 Å². The standard InChI is InChI=1S/C24H32N2O2/c1-19-9-5-6-10-23(19)28-18-20(2)25-24(27)22-13-11-21(12-14-22)17-26-15-7-3-4-8-16-26/h5-6,9-14,20H,3-4,7-8,15-18H2,1-2H3,(H,25,27)/t20-/m1/s1. The Morgan fingerprint density at radius 1 is 1.04 bits per heavy atom. The predicted octanol–water partition coefficient (Wildman–Crippen LogP) is 4.57. The van der Waals surface area contributed by atoms with Gasteiger partial charge in [-0.3, -0.25) is 9.69 Å². The first kappa shape index (κ1) is 20.4. The second-order valence-electron chi connectivity index (χ2n) is 7.84. The molecule has 1 aliphatic rings. The molecule has 1 heterocycles. The summed E-state index contributed by atoms with van der Waals surface area (Å²) in [6, 6.07) is 15.9. The SMILES string of the molecule is Cc1ccccc1OC[C@@H](C)NC(=O)c1ccc(CN2CCCCCC2)cc1. The minimum absolute atomic E-state index is 0.0535. The Balaban J connectivity index is 1.47. The first-order chi connectivity index (χ1) is 13.6. The molecule has 0 saturated carbocycles. The van der Waals surface area contributed by atoms with Gasteiger partial charge < -0.3 is 10.1 Å². The number of carbonyl (C=O) groups excluding carboxylic acids is 1. The van der Waals surface area contributed by atoms with E-state index in [0.29, 0.717) is 12.2 Å². The molecule has 0 bridgehead atoms. The van der Waals surface area contributed by atoms with Gasteiger partial charge >= 0.3 is 0 Å². The maximum Gasteiger partial charge on any atom is 0.251 e. The Kier molecular flexibility index (Phi) is 7.49. The molecule has 0 spiro atoms. The van der Waals surface area contributed by atoms with Crippen LogP contribution in [0.4, 0.5) is 0 Å². The lowest BCUT2D eigenvalue weighted by Gasteiger charge is -2.20. The monoisotopic (exact) mass is 380 g/mol. The number of benzene rings is 2. The van der Waals surface area contributed by atoms with Crippen LogP contribution in [0.5, 0.6) is 5.75 Å². The number of nitrogens with zero attached hydrogens (tertiary/aromatic N) is 1. The molecule has 0 unspecified atom stereocenters. The van der Waals surface area contributed by atoms with E-state index < -0.39 is 0 Å². The van der Waals surface area contributed by atoms with Gasteiger partial charge in [0.25, 0.3) is 5.91 Å². The average molecular weight is 381 g/mol. The quantitative estimate of drug-likeness (QED) is 0.765. The van der Waals surface area contributed by atoms with Crippen molar-refractivity contribution in [2.24, 2.45) is 0 Å². The second-order valence-corrected chi connectivity index (χ2v) is 7.84. The summed E-state index contributed by atoms with van der Waals surface area (Å²) in [6.07, 6.45) is 5.29. The van der Waals surface area contributed by atoms with Crippen molar-refractivity contribution in [3.8, 4) is 5.75 Å². The number of aryl methyl sites for hydroxylation is 1. The van der Waals surface area contributed by atoms with Gasteiger partial charge in [-0.2, -0.15) is 0 Å². The Hall–Kier alpha value is -2.33. The van der Waals surface area contributed by atoms with Crippen molar-refractivity contribution in [3.05, 3.63) is 65.2 Å². The topological polar surface area (TPSA) is 41.6 Å². The van der Waals surface area contributed by atoms with E-state index >= 15 is 0 Å². The average Bonchev–Trinajstić information content (AvgIpc) is 2.96. The molecule has 1 amide bonds. The van der Waals surface area contributed by atoms with Gasteiger partial charge in [-0.15, -0.1) is 0 Å². The molecule has 0 radical (unpaired) electrons. The number of ether oxygens (including phenoxy) is 1. The fraction of sp³-hybridized carbons (Fsp3) is 0.458. The highest BCUT2D eigenvalue weighted by atomic mass is 16.5. The highest BCUT2D eigenvalue weighted by Crippen LogP contribution is 2.16. The number of hydrogen-bond acceptors (Lipinski definition) is 3. The van der Waals surface area contributed by atoms with Crippen molar-refractivity contribution in [3.63, 3.8) is 0 Å². The molecule has 150 valence electrons. The van der Waals surface area contributed by atoms with E-state index in [4.69, 9.17) is 4.74 Å². The molecule has 1 atom stereocenters. The molecule has 1 N–H and O–H groups in total. The van der Waals surface area contributed by atoms with E-state index in [1.54, 1.807) is 0 Å². The molecule has 2 aromatic rings. The van der Waals surface area contributed by atoms with Crippen molar-refractivity contribution in [2.45, 2.75) is 52.1 Å². The summed E-state index contributed by atoms with van der Waals surface area (Å²) in [5, 5.41) is 3.02. The lowest BCUT2D eigenvalue weighted by Crippen LogP contribution is -2.36. The van der Waals surface area contributed by atoms with Crippen molar-refractivity contribution in [1.29, 1.82) is 0 Å². The number of carbonyl (C=O) groups is 1. The number of nitrogens with one attached hydrogen (secondary N) is 1. The van der Waals surface area contributed by atoms with Crippen LogP contribution < -0.4 is 10.1 Å². The van der Waals surface area contributed by atoms with E-state index in [-0.39, 0.29) is 11.9 Å². The molecule has 1 saturated heterocycles. The zero-order chi connectivity index (χ0) is 19.8. The number of hydrogen-bond donors (Lipinski definition) is 1. The molecule has 3 rings (SSSR count). The van der Waals surface area contributed by atoms with Gasteiger partial charge in [0.2, 0.25) is 0 Å². The number of para-hydroxylation sites is 1. The molecule has 4 heteroatoms. The first-order valence-corrected chi connectivity index (χ1v) is 10.4. The summed E-state index contributed by atoms with van der Waals surface area (Å²) in [4.78, 5) is 15.0. The van der Waals surface area contributed by atoms with Crippen molar-refractivity contribution < 1.29 is 9.53 Å². The highest BCUT2D eigenvalue weighted by molar-refractivity contribution is 5.94. The van der Waals surface area contributed by atoms with E-state index in [1.165, 1.54) is 44.3 Å². The fourth-order valence-corrected chi connectivity index (χ4v) is 3.60. The third-order valence-electron chi connectivity index (χ3n) is 5.28. The van der Waals surface area contributed by atoms with Gasteiger partial charge in [0.1, 0.15) is 12.4 Å². The molecule has 28 heavy (non-hydrogen) atoms. The molecular formula is C24H32N2O2. The first-order valence-electron chi connectivity index (χ1n) is 10.4. The van der Waals surface area contributed by atoms with E-state index in [2.05, 4.69) is 22.3 Å². The zero-order valence-electron chi connectivity index (χ0n) is 17.1. The molecular weight excluding hydrogens is 348 g/mol. The minimum atomic E-state index is -0.0658. The van der Waals surface area contributed by atoms with Crippen LogP contribution in [0.2, 0.25) is 0 Å². The fourth-order valence-electron chi connectivity index (χ4n) is 3.60. The zero-order valence-corrected chi connectivity index (χ0v) is 17.1. The van der Waals surface area contributed by atoms with Crippen molar-refractivity contribution >= 4 is 5.91 Å². The maximum atomic E-state index is 12.5. The van der Waals surface area contributed by atoms with Crippen LogP contribution in [0, 0.1) is 6.92 Å². The van der Waals surface area contributed by atoms with Gasteiger partial charge in [0, 0.05) is 12.1 Å². The number of likely N-dealkylation sites (tertiary alicyclic amines) is 1. The maximum absolute atomic E-state index is 12.5. The van der Waals surface area contributed by atoms with E-state index in [0.717, 1.165) is 17.9 Å². The van der Waals surface area contributed by atoms with Crippen LogP contribution in [-0.4, -0.2) is 36.5 Å². The van der Waals surface area contributed by atoms with Gasteiger partial charge in [-0.25, -0.2) is 0 Å². The van der Waals surface area contributed by atoms with Crippen LogP contribution in [0.15, 0.2) is 48.5 Å². The lowest BCUT2D eigenvalue weighted by molar-refractivity contribution is 0.0926. The van der Waals surface area contributed by atoms with E-state index in [9.17, 15) is 4.79 Å². The third-order valence-corrected chi connectivity index (χ3v) is 5.28. The Morgan fingerprint density at radius 2 is 1.71 bits per heavy atom. The summed E-state index contributed by atoms with van der Waals surface area (Å²) in [7, 11) is 0. The minimum Gasteiger partial charge on any atom is -0.491 e. The van der Waals surface area contributed by atoms with Crippen molar-refractivity contribution in [2.75, 3.05) is 19.7 Å². The summed E-state index contributed by atoms with van der Waals surface area (Å²) in [5.41, 5.74) is 3.07. The van der Waals surface area contributed by atoms with Crippen LogP contribution >= 0.6 is 0 Å². The summed E-state index contributed by atoms with van der Waals surface area (Å²) in [6.45, 7) is 7.77. The van der Waals surface area contributed by atoms with Gasteiger partial charge in [-0.05, 0) is 69.1 Å². The van der Waals surface area contributed by atoms with Gasteiger partial charge in [0.05, 0.1) is 6.04 Å². The normalized spacial score (nSPS) is 16.2. The highest BCUT2D eigenvalue weighted by Gasteiger charge is 2.12. The molecule has 4 nitrogen and oxygen atoms in total. The van der Waals surface area contributed by atoms with E-state index in [1.807, 2.05) is 50.2 Å². The molecule has 1 fully saturated rings. The third kappa shape index (κ3) is 6.10. The van der Waals surface area contributed by atoms with Gasteiger partial charge in [-0.1, -0.05) is 43.2 Å². The van der Waals surface area contributed by atoms with Crippen LogP contribution in [0.3, 0.4) is 0 Å². The summed E-state index contributed by atoms with van der Waals surface area (Å²) >= 11 is 0. The van der Waals surface area contributed by atoms with Crippen LogP contribution in [0.25, 0.3) is 0 Å².